The van der Waals surface area contributed by atoms with Gasteiger partial charge in [-0.05, 0) is 31.2 Å². The molecule has 0 heterocycles. The van der Waals surface area contributed by atoms with Crippen molar-refractivity contribution in [3.63, 3.8) is 0 Å². The molecule has 16 heavy (non-hydrogen) atoms. The lowest BCUT2D eigenvalue weighted by Crippen LogP contribution is -2.41. The lowest BCUT2D eigenvalue weighted by molar-refractivity contribution is -0.122. The van der Waals surface area contributed by atoms with Crippen LogP contribution in [0.1, 0.15) is 24.8 Å². The molecular formula is C13H18N2O. The van der Waals surface area contributed by atoms with Crippen LogP contribution < -0.4 is 11.1 Å². The summed E-state index contributed by atoms with van der Waals surface area (Å²) in [6.07, 6.45) is 3.79. The summed E-state index contributed by atoms with van der Waals surface area (Å²) in [6, 6.07) is 10.1. The Bertz CT molecular complexity index is 346. The van der Waals surface area contributed by atoms with E-state index >= 15 is 0 Å². The second-order valence-corrected chi connectivity index (χ2v) is 4.41. The lowest BCUT2D eigenvalue weighted by Gasteiger charge is -2.11. The molecule has 0 bridgehead atoms. The van der Waals surface area contributed by atoms with Crippen LogP contribution in [0.25, 0.3) is 0 Å². The van der Waals surface area contributed by atoms with Gasteiger partial charge < -0.3 is 11.1 Å². The average molecular weight is 218 g/mol. The van der Waals surface area contributed by atoms with Gasteiger partial charge in [0.05, 0.1) is 6.04 Å². The van der Waals surface area contributed by atoms with E-state index in [-0.39, 0.29) is 11.9 Å². The van der Waals surface area contributed by atoms with E-state index in [1.807, 2.05) is 18.2 Å². The summed E-state index contributed by atoms with van der Waals surface area (Å²) in [6.45, 7) is 0. The summed E-state index contributed by atoms with van der Waals surface area (Å²) >= 11 is 0. The predicted molar refractivity (Wildman–Crippen MR) is 63.9 cm³/mol. The first-order chi connectivity index (χ1) is 7.75. The molecular weight excluding hydrogens is 200 g/mol. The molecule has 1 amide bonds. The molecule has 3 N–H and O–H groups in total. The highest BCUT2D eigenvalue weighted by molar-refractivity contribution is 5.82. The largest absolute Gasteiger partial charge is 0.352 e. The summed E-state index contributed by atoms with van der Waals surface area (Å²) in [7, 11) is 0. The number of amides is 1. The molecule has 3 heteroatoms. The molecule has 0 aromatic heterocycles. The maximum absolute atomic E-state index is 11.6. The molecule has 0 radical (unpaired) electrons. The maximum Gasteiger partial charge on any atom is 0.237 e. The molecule has 1 aliphatic carbocycles. The Balaban J connectivity index is 1.74. The number of benzene rings is 1. The molecule has 1 aromatic rings. The van der Waals surface area contributed by atoms with Crippen LogP contribution in [0.4, 0.5) is 0 Å². The molecule has 86 valence electrons. The molecule has 0 spiro atoms. The van der Waals surface area contributed by atoms with Crippen molar-refractivity contribution in [1.82, 2.24) is 5.32 Å². The van der Waals surface area contributed by atoms with Gasteiger partial charge in [0.15, 0.2) is 0 Å². The zero-order chi connectivity index (χ0) is 11.4. The van der Waals surface area contributed by atoms with Gasteiger partial charge in [0.25, 0.3) is 0 Å². The fraction of sp³-hybridized carbons (Fsp3) is 0.462. The first-order valence-corrected chi connectivity index (χ1v) is 5.85. The van der Waals surface area contributed by atoms with E-state index in [4.69, 9.17) is 5.73 Å². The SMILES string of the molecule is N[C@@H](CCc1ccccc1)C(=O)NC1CC1. The first kappa shape index (κ1) is 11.1. The third kappa shape index (κ3) is 3.35. The standard InChI is InChI=1S/C13H18N2O/c14-12(13(16)15-11-7-8-11)9-6-10-4-2-1-3-5-10/h1-5,11-12H,6-9,14H2,(H,15,16)/t12-/m0/s1. The van der Waals surface area contributed by atoms with Gasteiger partial charge in [-0.25, -0.2) is 0 Å². The smallest absolute Gasteiger partial charge is 0.237 e. The van der Waals surface area contributed by atoms with E-state index in [9.17, 15) is 4.79 Å². The molecule has 1 atom stereocenters. The Labute approximate surface area is 96.0 Å². The topological polar surface area (TPSA) is 55.1 Å². The predicted octanol–water partition coefficient (Wildman–Crippen LogP) is 1.23. The zero-order valence-electron chi connectivity index (χ0n) is 9.36. The van der Waals surface area contributed by atoms with Crippen molar-refractivity contribution in [2.75, 3.05) is 0 Å². The number of hydrogen-bond donors (Lipinski definition) is 2. The Hall–Kier alpha value is -1.35. The minimum absolute atomic E-state index is 0.00145. The lowest BCUT2D eigenvalue weighted by atomic mass is 10.1. The summed E-state index contributed by atoms with van der Waals surface area (Å²) in [4.78, 5) is 11.6. The van der Waals surface area contributed by atoms with Gasteiger partial charge in [-0.3, -0.25) is 4.79 Å². The van der Waals surface area contributed by atoms with Crippen LogP contribution in [0.5, 0.6) is 0 Å². The van der Waals surface area contributed by atoms with Crippen molar-refractivity contribution < 1.29 is 4.79 Å². The van der Waals surface area contributed by atoms with Crippen molar-refractivity contribution in [3.8, 4) is 0 Å². The van der Waals surface area contributed by atoms with Crippen molar-refractivity contribution in [2.24, 2.45) is 5.73 Å². The number of nitrogens with two attached hydrogens (primary N) is 1. The van der Waals surface area contributed by atoms with Gasteiger partial charge in [-0.15, -0.1) is 0 Å². The second kappa shape index (κ2) is 5.12. The normalized spacial score (nSPS) is 16.8. The minimum atomic E-state index is -0.374. The van der Waals surface area contributed by atoms with Crippen molar-refractivity contribution in [2.45, 2.75) is 37.8 Å². The van der Waals surface area contributed by atoms with Crippen LogP contribution in [0, 0.1) is 0 Å². The van der Waals surface area contributed by atoms with E-state index in [2.05, 4.69) is 17.4 Å². The van der Waals surface area contributed by atoms with Crippen LogP contribution in [0.3, 0.4) is 0 Å². The monoisotopic (exact) mass is 218 g/mol. The summed E-state index contributed by atoms with van der Waals surface area (Å²) in [5.41, 5.74) is 7.06. The number of aryl methyl sites for hydroxylation is 1. The Morgan fingerprint density at radius 3 is 2.69 bits per heavy atom. The molecule has 0 saturated heterocycles. The maximum atomic E-state index is 11.6. The van der Waals surface area contributed by atoms with Gasteiger partial charge in [0.1, 0.15) is 0 Å². The molecule has 1 aliphatic rings. The van der Waals surface area contributed by atoms with E-state index in [0.717, 1.165) is 19.3 Å². The van der Waals surface area contributed by atoms with E-state index in [0.29, 0.717) is 12.5 Å². The number of rotatable bonds is 5. The Kier molecular flexibility index (Phi) is 3.57. The molecule has 1 aromatic carbocycles. The van der Waals surface area contributed by atoms with Gasteiger partial charge in [-0.2, -0.15) is 0 Å². The molecule has 0 aliphatic heterocycles. The highest BCUT2D eigenvalue weighted by Gasteiger charge is 2.25. The summed E-state index contributed by atoms with van der Waals surface area (Å²) < 4.78 is 0. The van der Waals surface area contributed by atoms with Crippen LogP contribution in [0.2, 0.25) is 0 Å². The van der Waals surface area contributed by atoms with Crippen LogP contribution in [0.15, 0.2) is 30.3 Å². The fourth-order valence-electron chi connectivity index (χ4n) is 1.63. The zero-order valence-corrected chi connectivity index (χ0v) is 9.36. The Morgan fingerprint density at radius 2 is 2.06 bits per heavy atom. The van der Waals surface area contributed by atoms with Crippen molar-refractivity contribution in [1.29, 1.82) is 0 Å². The van der Waals surface area contributed by atoms with Crippen LogP contribution in [-0.2, 0) is 11.2 Å². The molecule has 3 nitrogen and oxygen atoms in total. The molecule has 0 unspecified atom stereocenters. The first-order valence-electron chi connectivity index (χ1n) is 5.85. The van der Waals surface area contributed by atoms with Crippen molar-refractivity contribution >= 4 is 5.91 Å². The van der Waals surface area contributed by atoms with Crippen molar-refractivity contribution in [3.05, 3.63) is 35.9 Å². The summed E-state index contributed by atoms with van der Waals surface area (Å²) in [5, 5.41) is 2.93. The highest BCUT2D eigenvalue weighted by atomic mass is 16.2. The fourth-order valence-corrected chi connectivity index (χ4v) is 1.63. The number of carbonyl (C=O) groups is 1. The van der Waals surface area contributed by atoms with E-state index in [1.165, 1.54) is 5.56 Å². The van der Waals surface area contributed by atoms with E-state index in [1.54, 1.807) is 0 Å². The number of hydrogen-bond acceptors (Lipinski definition) is 2. The third-order valence-electron chi connectivity index (χ3n) is 2.85. The van der Waals surface area contributed by atoms with Gasteiger partial charge in [0.2, 0.25) is 5.91 Å². The third-order valence-corrected chi connectivity index (χ3v) is 2.85. The van der Waals surface area contributed by atoms with E-state index < -0.39 is 0 Å². The Morgan fingerprint density at radius 1 is 1.38 bits per heavy atom. The number of nitrogens with one attached hydrogen (secondary N) is 1. The summed E-state index contributed by atoms with van der Waals surface area (Å²) in [5.74, 6) is -0.00145. The quantitative estimate of drug-likeness (QED) is 0.781. The van der Waals surface area contributed by atoms with Crippen LogP contribution in [-0.4, -0.2) is 18.0 Å². The second-order valence-electron chi connectivity index (χ2n) is 4.41. The molecule has 1 fully saturated rings. The minimum Gasteiger partial charge on any atom is -0.352 e. The van der Waals surface area contributed by atoms with Gasteiger partial charge >= 0.3 is 0 Å². The highest BCUT2D eigenvalue weighted by Crippen LogP contribution is 2.18. The van der Waals surface area contributed by atoms with Crippen LogP contribution >= 0.6 is 0 Å². The molecule has 2 rings (SSSR count). The average Bonchev–Trinajstić information content (AvgIpc) is 3.11. The van der Waals surface area contributed by atoms with Gasteiger partial charge in [-0.1, -0.05) is 30.3 Å². The molecule has 1 saturated carbocycles. The number of carbonyl (C=O) groups excluding carboxylic acids is 1. The van der Waals surface area contributed by atoms with Gasteiger partial charge in [0, 0.05) is 6.04 Å².